The minimum Gasteiger partial charge on any atom is -0.481 e. The Bertz CT molecular complexity index is 409. The number of rotatable bonds is 7. The van der Waals surface area contributed by atoms with E-state index in [4.69, 9.17) is 5.11 Å². The molecule has 3 N–H and O–H groups in total. The van der Waals surface area contributed by atoms with Gasteiger partial charge in [0.2, 0.25) is 0 Å². The molecule has 0 aromatic carbocycles. The van der Waals surface area contributed by atoms with Gasteiger partial charge >= 0.3 is 12.0 Å². The van der Waals surface area contributed by atoms with Gasteiger partial charge in [-0.3, -0.25) is 9.78 Å². The van der Waals surface area contributed by atoms with Crippen LogP contribution in [0.15, 0.2) is 24.4 Å². The molecule has 1 heterocycles. The van der Waals surface area contributed by atoms with Gasteiger partial charge in [0.25, 0.3) is 0 Å². The molecular weight excluding hydrogens is 246 g/mol. The van der Waals surface area contributed by atoms with E-state index in [0.717, 1.165) is 12.1 Å². The van der Waals surface area contributed by atoms with Crippen molar-refractivity contribution in [3.8, 4) is 0 Å². The molecule has 6 nitrogen and oxygen atoms in total. The highest BCUT2D eigenvalue weighted by molar-refractivity contribution is 5.75. The molecule has 1 rings (SSSR count). The summed E-state index contributed by atoms with van der Waals surface area (Å²) in [5.74, 6) is -0.913. The largest absolute Gasteiger partial charge is 0.481 e. The Kier molecular flexibility index (Phi) is 6.35. The van der Waals surface area contributed by atoms with Crippen LogP contribution in [0, 0.1) is 0 Å². The third kappa shape index (κ3) is 6.40. The minimum absolute atomic E-state index is 0.0646. The average Bonchev–Trinajstić information content (AvgIpc) is 2.37. The third-order valence-electron chi connectivity index (χ3n) is 2.55. The van der Waals surface area contributed by atoms with Crippen LogP contribution in [-0.2, 0) is 11.3 Å². The van der Waals surface area contributed by atoms with Crippen molar-refractivity contribution in [1.29, 1.82) is 0 Å². The molecule has 1 aromatic heterocycles. The molecule has 0 aliphatic carbocycles. The van der Waals surface area contributed by atoms with E-state index in [2.05, 4.69) is 15.6 Å². The highest BCUT2D eigenvalue weighted by Crippen LogP contribution is 2.01. The van der Waals surface area contributed by atoms with E-state index in [1.165, 1.54) is 0 Å². The second-order valence-corrected chi connectivity index (χ2v) is 4.23. The molecule has 6 heteroatoms. The molecule has 1 unspecified atom stereocenters. The van der Waals surface area contributed by atoms with E-state index in [1.807, 2.05) is 13.0 Å². The number of nitrogens with one attached hydrogen (secondary N) is 2. The van der Waals surface area contributed by atoms with Gasteiger partial charge in [-0.1, -0.05) is 19.4 Å². The first-order chi connectivity index (χ1) is 9.11. The van der Waals surface area contributed by atoms with Crippen molar-refractivity contribution in [2.45, 2.75) is 38.8 Å². The maximum Gasteiger partial charge on any atom is 0.315 e. The summed E-state index contributed by atoms with van der Waals surface area (Å²) in [5, 5.41) is 14.1. The van der Waals surface area contributed by atoms with E-state index in [1.54, 1.807) is 18.3 Å². The minimum atomic E-state index is -0.913. The summed E-state index contributed by atoms with van der Waals surface area (Å²) in [5.41, 5.74) is 0.753. The molecule has 1 atom stereocenters. The fourth-order valence-corrected chi connectivity index (χ4v) is 1.69. The van der Waals surface area contributed by atoms with Crippen LogP contribution in [0.25, 0.3) is 0 Å². The normalized spacial score (nSPS) is 11.6. The van der Waals surface area contributed by atoms with Crippen LogP contribution < -0.4 is 10.6 Å². The van der Waals surface area contributed by atoms with Crippen molar-refractivity contribution < 1.29 is 14.7 Å². The summed E-state index contributed by atoms with van der Waals surface area (Å²) in [6, 6.07) is 4.73. The molecule has 104 valence electrons. The van der Waals surface area contributed by atoms with Crippen molar-refractivity contribution in [3.63, 3.8) is 0 Å². The van der Waals surface area contributed by atoms with E-state index in [-0.39, 0.29) is 18.5 Å². The Morgan fingerprint density at radius 3 is 2.79 bits per heavy atom. The lowest BCUT2D eigenvalue weighted by Crippen LogP contribution is -2.42. The molecule has 1 aromatic rings. The predicted octanol–water partition coefficient (Wildman–Crippen LogP) is 1.52. The van der Waals surface area contributed by atoms with Crippen LogP contribution >= 0.6 is 0 Å². The summed E-state index contributed by atoms with van der Waals surface area (Å²) in [7, 11) is 0. The first kappa shape index (κ1) is 14.9. The van der Waals surface area contributed by atoms with Gasteiger partial charge in [-0.15, -0.1) is 0 Å². The van der Waals surface area contributed by atoms with Crippen molar-refractivity contribution in [2.75, 3.05) is 0 Å². The van der Waals surface area contributed by atoms with E-state index < -0.39 is 5.97 Å². The van der Waals surface area contributed by atoms with Gasteiger partial charge in [-0.2, -0.15) is 0 Å². The number of hydrogen-bond acceptors (Lipinski definition) is 3. The Labute approximate surface area is 112 Å². The Balaban J connectivity index is 2.37. The highest BCUT2D eigenvalue weighted by atomic mass is 16.4. The molecule has 2 amide bonds. The number of aromatic nitrogens is 1. The van der Waals surface area contributed by atoms with E-state index in [0.29, 0.717) is 13.0 Å². The second-order valence-electron chi connectivity index (χ2n) is 4.23. The van der Waals surface area contributed by atoms with Crippen LogP contribution in [0.4, 0.5) is 4.79 Å². The zero-order chi connectivity index (χ0) is 14.1. The number of amides is 2. The fraction of sp³-hybridized carbons (Fsp3) is 0.462. The monoisotopic (exact) mass is 265 g/mol. The number of carboxylic acids is 1. The van der Waals surface area contributed by atoms with Crippen LogP contribution in [0.3, 0.4) is 0 Å². The Morgan fingerprint density at radius 1 is 1.42 bits per heavy atom. The number of pyridine rings is 1. The first-order valence-electron chi connectivity index (χ1n) is 6.28. The molecule has 0 aliphatic heterocycles. The maximum absolute atomic E-state index is 11.6. The fourth-order valence-electron chi connectivity index (χ4n) is 1.69. The lowest BCUT2D eigenvalue weighted by atomic mass is 10.1. The average molecular weight is 265 g/mol. The van der Waals surface area contributed by atoms with Crippen molar-refractivity contribution in [2.24, 2.45) is 0 Å². The van der Waals surface area contributed by atoms with Crippen molar-refractivity contribution in [1.82, 2.24) is 15.6 Å². The third-order valence-corrected chi connectivity index (χ3v) is 2.55. The molecule has 0 aliphatic rings. The number of urea groups is 1. The zero-order valence-corrected chi connectivity index (χ0v) is 10.9. The number of carboxylic acid groups (broad SMARTS) is 1. The molecule has 0 bridgehead atoms. The SMILES string of the molecule is CCCC(CC(=O)O)NC(=O)NCc1ccccn1. The number of hydrogen-bond donors (Lipinski definition) is 3. The number of carbonyl (C=O) groups excluding carboxylic acids is 1. The molecule has 0 spiro atoms. The van der Waals surface area contributed by atoms with Gasteiger partial charge in [-0.05, 0) is 18.6 Å². The zero-order valence-electron chi connectivity index (χ0n) is 10.9. The van der Waals surface area contributed by atoms with Gasteiger partial charge < -0.3 is 15.7 Å². The number of aliphatic carboxylic acids is 1. The summed E-state index contributed by atoms with van der Waals surface area (Å²) in [6.45, 7) is 2.26. The predicted molar refractivity (Wildman–Crippen MR) is 70.6 cm³/mol. The van der Waals surface area contributed by atoms with Gasteiger partial charge in [0.05, 0.1) is 18.7 Å². The molecule has 19 heavy (non-hydrogen) atoms. The summed E-state index contributed by atoms with van der Waals surface area (Å²) >= 11 is 0. The smallest absolute Gasteiger partial charge is 0.315 e. The van der Waals surface area contributed by atoms with Crippen LogP contribution in [0.1, 0.15) is 31.9 Å². The molecule has 0 fully saturated rings. The quantitative estimate of drug-likeness (QED) is 0.697. The molecular formula is C13H19N3O3. The van der Waals surface area contributed by atoms with Gasteiger partial charge in [0, 0.05) is 12.2 Å². The number of nitrogens with zero attached hydrogens (tertiary/aromatic N) is 1. The van der Waals surface area contributed by atoms with Crippen LogP contribution in [-0.4, -0.2) is 28.1 Å². The van der Waals surface area contributed by atoms with Gasteiger partial charge in [-0.25, -0.2) is 4.79 Å². The summed E-state index contributed by atoms with van der Waals surface area (Å²) in [4.78, 5) is 26.4. The maximum atomic E-state index is 11.6. The Hall–Kier alpha value is -2.11. The summed E-state index contributed by atoms with van der Waals surface area (Å²) in [6.07, 6.45) is 3.05. The van der Waals surface area contributed by atoms with Gasteiger partial charge in [0.1, 0.15) is 0 Å². The molecule has 0 saturated heterocycles. The number of carbonyl (C=O) groups is 2. The van der Waals surface area contributed by atoms with E-state index in [9.17, 15) is 9.59 Å². The van der Waals surface area contributed by atoms with Crippen molar-refractivity contribution >= 4 is 12.0 Å². The van der Waals surface area contributed by atoms with E-state index >= 15 is 0 Å². The lowest BCUT2D eigenvalue weighted by Gasteiger charge is -2.16. The summed E-state index contributed by atoms with van der Waals surface area (Å²) < 4.78 is 0. The topological polar surface area (TPSA) is 91.3 Å². The van der Waals surface area contributed by atoms with Gasteiger partial charge in [0.15, 0.2) is 0 Å². The Morgan fingerprint density at radius 2 is 2.21 bits per heavy atom. The second kappa shape index (κ2) is 8.07. The van der Waals surface area contributed by atoms with Crippen LogP contribution in [0.2, 0.25) is 0 Å². The first-order valence-corrected chi connectivity index (χ1v) is 6.28. The lowest BCUT2D eigenvalue weighted by molar-refractivity contribution is -0.137. The standard InChI is InChI=1S/C13H19N3O3/c1-2-5-10(8-12(17)18)16-13(19)15-9-11-6-3-4-7-14-11/h3-4,6-7,10H,2,5,8-9H2,1H3,(H,17,18)(H2,15,16,19). The molecule has 0 radical (unpaired) electrons. The molecule has 0 saturated carbocycles. The van der Waals surface area contributed by atoms with Crippen molar-refractivity contribution in [3.05, 3.63) is 30.1 Å². The van der Waals surface area contributed by atoms with Crippen LogP contribution in [0.5, 0.6) is 0 Å². The highest BCUT2D eigenvalue weighted by Gasteiger charge is 2.14.